The molecule has 8 heteroatoms. The van der Waals surface area contributed by atoms with Gasteiger partial charge >= 0.3 is 0 Å². The third kappa shape index (κ3) is 3.36. The molecule has 80 valence electrons. The van der Waals surface area contributed by atoms with Crippen molar-refractivity contribution in [3.05, 3.63) is 12.7 Å². The first-order valence-corrected chi connectivity index (χ1v) is 4.61. The van der Waals surface area contributed by atoms with Crippen molar-refractivity contribution in [2.45, 2.75) is 12.6 Å². The van der Waals surface area contributed by atoms with Crippen LogP contribution >= 0.6 is 36.6 Å². The summed E-state index contributed by atoms with van der Waals surface area (Å²) in [5.41, 5.74) is 5.52. The van der Waals surface area contributed by atoms with Gasteiger partial charge in [-0.3, -0.25) is 9.67 Å². The Bertz CT molecular complexity index is 288. The Morgan fingerprint density at radius 1 is 1.57 bits per heavy atom. The molecule has 2 rings (SSSR count). The van der Waals surface area contributed by atoms with E-state index in [1.807, 2.05) is 0 Å². The molecule has 2 N–H and O–H groups in total. The number of nitrogens with zero attached hydrogens (tertiary/aromatic N) is 4. The van der Waals surface area contributed by atoms with Crippen LogP contribution in [-0.4, -0.2) is 31.7 Å². The molecule has 0 bridgehead atoms. The van der Waals surface area contributed by atoms with Gasteiger partial charge in [-0.2, -0.15) is 5.10 Å². The summed E-state index contributed by atoms with van der Waals surface area (Å²) in [4.78, 5) is 8.08. The first kappa shape index (κ1) is 13.5. The van der Waals surface area contributed by atoms with E-state index in [4.69, 9.17) is 5.73 Å². The predicted octanol–water partition coefficient (Wildman–Crippen LogP) is 0.552. The van der Waals surface area contributed by atoms with Crippen LogP contribution in [0.1, 0.15) is 0 Å². The summed E-state index contributed by atoms with van der Waals surface area (Å²) in [5.74, 6) is 0.950. The molecule has 0 amide bonds. The molecule has 0 aliphatic carbocycles. The predicted molar refractivity (Wildman–Crippen MR) is 62.4 cm³/mol. The second-order valence-electron chi connectivity index (χ2n) is 2.55. The number of rotatable bonds is 2. The normalized spacial score (nSPS) is 19.4. The zero-order chi connectivity index (χ0) is 8.39. The van der Waals surface area contributed by atoms with Gasteiger partial charge in [0.1, 0.15) is 12.7 Å². The van der Waals surface area contributed by atoms with Gasteiger partial charge in [0, 0.05) is 5.75 Å². The smallest absolute Gasteiger partial charge is 0.154 e. The molecular weight excluding hydrogens is 245 g/mol. The van der Waals surface area contributed by atoms with Gasteiger partial charge in [-0.15, -0.1) is 24.8 Å². The molecule has 0 radical (unpaired) electrons. The van der Waals surface area contributed by atoms with E-state index in [9.17, 15) is 0 Å². The van der Waals surface area contributed by atoms with Gasteiger partial charge in [-0.05, 0) is 0 Å². The molecule has 0 saturated carbocycles. The molecule has 0 spiro atoms. The quantitative estimate of drug-likeness (QED) is 0.839. The number of aliphatic imine (C=N–C) groups is 1. The van der Waals surface area contributed by atoms with Gasteiger partial charge in [0.15, 0.2) is 5.17 Å². The highest BCUT2D eigenvalue weighted by Gasteiger charge is 2.16. The lowest BCUT2D eigenvalue weighted by atomic mass is 10.3. The first-order valence-electron chi connectivity index (χ1n) is 3.63. The van der Waals surface area contributed by atoms with E-state index in [0.717, 1.165) is 12.3 Å². The van der Waals surface area contributed by atoms with Gasteiger partial charge in [-0.1, -0.05) is 11.8 Å². The van der Waals surface area contributed by atoms with E-state index >= 15 is 0 Å². The third-order valence-electron chi connectivity index (χ3n) is 1.60. The largest absolute Gasteiger partial charge is 0.379 e. The standard InChI is InChI=1S/C6H9N5S.2ClH/c7-6-10-5(2-12-6)1-11-4-8-3-9-11;;/h3-5H,1-2H2,(H2,7,10);2*1H. The van der Waals surface area contributed by atoms with Crippen molar-refractivity contribution in [2.75, 3.05) is 5.75 Å². The average Bonchev–Trinajstić information content (AvgIpc) is 2.63. The van der Waals surface area contributed by atoms with E-state index < -0.39 is 0 Å². The lowest BCUT2D eigenvalue weighted by molar-refractivity contribution is 0.548. The van der Waals surface area contributed by atoms with Crippen LogP contribution in [0.15, 0.2) is 17.6 Å². The molecular formula is C6H11Cl2N5S. The van der Waals surface area contributed by atoms with Crippen LogP contribution < -0.4 is 5.73 Å². The lowest BCUT2D eigenvalue weighted by Crippen LogP contribution is -2.14. The fourth-order valence-corrected chi connectivity index (χ4v) is 1.84. The molecule has 2 heterocycles. The topological polar surface area (TPSA) is 69.1 Å². The average molecular weight is 256 g/mol. The summed E-state index contributed by atoms with van der Waals surface area (Å²) in [6, 6.07) is 0.261. The summed E-state index contributed by atoms with van der Waals surface area (Å²) in [5, 5.41) is 4.67. The van der Waals surface area contributed by atoms with E-state index in [1.54, 1.807) is 22.8 Å². The summed E-state index contributed by atoms with van der Waals surface area (Å²) >= 11 is 1.59. The Morgan fingerprint density at radius 3 is 2.86 bits per heavy atom. The van der Waals surface area contributed by atoms with Gasteiger partial charge in [-0.25, -0.2) is 4.98 Å². The molecule has 1 unspecified atom stereocenters. The maximum Gasteiger partial charge on any atom is 0.154 e. The van der Waals surface area contributed by atoms with Gasteiger partial charge in [0.25, 0.3) is 0 Å². The van der Waals surface area contributed by atoms with Gasteiger partial charge in [0.2, 0.25) is 0 Å². The number of thioether (sulfide) groups is 1. The number of aromatic nitrogens is 3. The Balaban J connectivity index is 0.000000845. The van der Waals surface area contributed by atoms with Crippen molar-refractivity contribution in [2.24, 2.45) is 10.7 Å². The van der Waals surface area contributed by atoms with Crippen molar-refractivity contribution in [3.63, 3.8) is 0 Å². The van der Waals surface area contributed by atoms with E-state index in [0.29, 0.717) is 5.17 Å². The van der Waals surface area contributed by atoms with E-state index in [1.165, 1.54) is 6.33 Å². The van der Waals surface area contributed by atoms with Crippen molar-refractivity contribution in [3.8, 4) is 0 Å². The SMILES string of the molecule is Cl.Cl.NC1=NC(Cn2cncn2)CS1. The molecule has 5 nitrogen and oxygen atoms in total. The molecule has 1 aromatic rings. The number of amidine groups is 1. The Labute approximate surface area is 98.4 Å². The fourth-order valence-electron chi connectivity index (χ4n) is 1.07. The molecule has 1 atom stereocenters. The highest BCUT2D eigenvalue weighted by atomic mass is 35.5. The van der Waals surface area contributed by atoms with Gasteiger partial charge < -0.3 is 5.73 Å². The number of hydrogen-bond donors (Lipinski definition) is 1. The maximum absolute atomic E-state index is 5.52. The second kappa shape index (κ2) is 6.10. The van der Waals surface area contributed by atoms with Crippen LogP contribution in [0.5, 0.6) is 0 Å². The van der Waals surface area contributed by atoms with Crippen LogP contribution in [0.2, 0.25) is 0 Å². The minimum Gasteiger partial charge on any atom is -0.379 e. The van der Waals surface area contributed by atoms with Crippen LogP contribution in [0, 0.1) is 0 Å². The van der Waals surface area contributed by atoms with Crippen molar-refractivity contribution < 1.29 is 0 Å². The Hall–Kier alpha value is -0.460. The maximum atomic E-state index is 5.52. The molecule has 0 fully saturated rings. The van der Waals surface area contributed by atoms with Gasteiger partial charge in [0.05, 0.1) is 12.6 Å². The first-order chi connectivity index (χ1) is 5.84. The monoisotopic (exact) mass is 255 g/mol. The number of halogens is 2. The highest BCUT2D eigenvalue weighted by molar-refractivity contribution is 8.14. The molecule has 0 aromatic carbocycles. The molecule has 1 aromatic heterocycles. The van der Waals surface area contributed by atoms with Crippen LogP contribution in [0.3, 0.4) is 0 Å². The molecule has 14 heavy (non-hydrogen) atoms. The molecule has 1 aliphatic heterocycles. The Morgan fingerprint density at radius 2 is 2.36 bits per heavy atom. The third-order valence-corrected chi connectivity index (χ3v) is 2.55. The zero-order valence-electron chi connectivity index (χ0n) is 7.24. The zero-order valence-corrected chi connectivity index (χ0v) is 9.69. The van der Waals surface area contributed by atoms with Crippen LogP contribution in [0.4, 0.5) is 0 Å². The summed E-state index contributed by atoms with van der Waals surface area (Å²) in [6.07, 6.45) is 3.21. The summed E-state index contributed by atoms with van der Waals surface area (Å²) in [7, 11) is 0. The van der Waals surface area contributed by atoms with Crippen molar-refractivity contribution in [1.82, 2.24) is 14.8 Å². The van der Waals surface area contributed by atoms with Crippen molar-refractivity contribution >= 4 is 41.7 Å². The minimum atomic E-state index is 0. The molecule has 1 aliphatic rings. The molecule has 0 saturated heterocycles. The highest BCUT2D eigenvalue weighted by Crippen LogP contribution is 2.15. The van der Waals surface area contributed by atoms with Crippen molar-refractivity contribution in [1.29, 1.82) is 0 Å². The minimum absolute atomic E-state index is 0. The van der Waals surface area contributed by atoms with E-state index in [-0.39, 0.29) is 30.9 Å². The fraction of sp³-hybridized carbons (Fsp3) is 0.500. The second-order valence-corrected chi connectivity index (χ2v) is 3.59. The number of hydrogen-bond acceptors (Lipinski definition) is 5. The number of nitrogens with two attached hydrogens (primary N) is 1. The lowest BCUT2D eigenvalue weighted by Gasteiger charge is -2.03. The Kier molecular flexibility index (Phi) is 5.90. The summed E-state index contributed by atoms with van der Waals surface area (Å²) < 4.78 is 1.77. The van der Waals surface area contributed by atoms with Crippen LogP contribution in [-0.2, 0) is 6.54 Å². The van der Waals surface area contributed by atoms with Crippen LogP contribution in [0.25, 0.3) is 0 Å². The summed E-state index contributed by atoms with van der Waals surface area (Å²) in [6.45, 7) is 0.772. The van der Waals surface area contributed by atoms with E-state index in [2.05, 4.69) is 15.1 Å².